The number of unbranched alkanes of at least 4 members (excludes halogenated alkanes) is 1. The van der Waals surface area contributed by atoms with E-state index in [2.05, 4.69) is 17.6 Å². The van der Waals surface area contributed by atoms with Crippen molar-refractivity contribution in [3.05, 3.63) is 0 Å². The predicted octanol–water partition coefficient (Wildman–Crippen LogP) is 1.25. The Bertz CT molecular complexity index is 166. The minimum atomic E-state index is 0.125. The van der Waals surface area contributed by atoms with Crippen LogP contribution in [0.2, 0.25) is 0 Å². The van der Waals surface area contributed by atoms with Crippen LogP contribution in [0.5, 0.6) is 0 Å². The van der Waals surface area contributed by atoms with Crippen LogP contribution in [0.4, 0.5) is 0 Å². The predicted molar refractivity (Wildman–Crippen MR) is 53.2 cm³/mol. The van der Waals surface area contributed by atoms with Crippen LogP contribution in [0.3, 0.4) is 0 Å². The van der Waals surface area contributed by atoms with E-state index in [9.17, 15) is 4.79 Å². The third-order valence-electron chi connectivity index (χ3n) is 2.29. The van der Waals surface area contributed by atoms with E-state index in [1.807, 2.05) is 6.92 Å². The lowest BCUT2D eigenvalue weighted by Crippen LogP contribution is -2.44. The summed E-state index contributed by atoms with van der Waals surface area (Å²) in [6.45, 7) is 5.15. The van der Waals surface area contributed by atoms with Gasteiger partial charge in [0.15, 0.2) is 0 Å². The largest absolute Gasteiger partial charge is 0.341 e. The molecule has 3 nitrogen and oxygen atoms in total. The molecule has 2 N–H and O–H groups in total. The molecular formula is C10H20N2O. The number of carbonyl (C=O) groups excluding carboxylic acids is 1. The first-order valence-corrected chi connectivity index (χ1v) is 5.27. The van der Waals surface area contributed by atoms with Gasteiger partial charge in [-0.3, -0.25) is 10.1 Å². The first-order chi connectivity index (χ1) is 6.24. The summed E-state index contributed by atoms with van der Waals surface area (Å²) in [5.74, 6) is 0.534. The quantitative estimate of drug-likeness (QED) is 0.482. The van der Waals surface area contributed by atoms with Gasteiger partial charge >= 0.3 is 0 Å². The summed E-state index contributed by atoms with van der Waals surface area (Å²) < 4.78 is 0. The molecule has 1 unspecified atom stereocenters. The number of nitrogens with one attached hydrogen (secondary N) is 2. The van der Waals surface area contributed by atoms with Crippen LogP contribution in [0, 0.1) is 5.92 Å². The van der Waals surface area contributed by atoms with Gasteiger partial charge in [-0.05, 0) is 32.7 Å². The van der Waals surface area contributed by atoms with E-state index in [0.717, 1.165) is 19.4 Å². The van der Waals surface area contributed by atoms with Gasteiger partial charge in [-0.1, -0.05) is 13.3 Å². The van der Waals surface area contributed by atoms with Crippen molar-refractivity contribution in [2.24, 2.45) is 5.92 Å². The van der Waals surface area contributed by atoms with Crippen molar-refractivity contribution in [3.8, 4) is 0 Å². The van der Waals surface area contributed by atoms with E-state index in [-0.39, 0.29) is 12.1 Å². The van der Waals surface area contributed by atoms with E-state index in [0.29, 0.717) is 5.92 Å². The molecule has 3 heteroatoms. The zero-order valence-electron chi connectivity index (χ0n) is 8.60. The SMILES string of the molecule is CCCCNC(C)NC(=O)C1CC1. The zero-order chi connectivity index (χ0) is 9.68. The highest BCUT2D eigenvalue weighted by atomic mass is 16.2. The standard InChI is InChI=1S/C10H20N2O/c1-3-4-7-11-8(2)12-10(13)9-5-6-9/h8-9,11H,3-7H2,1-2H3,(H,12,13). The van der Waals surface area contributed by atoms with Crippen molar-refractivity contribution < 1.29 is 4.79 Å². The molecule has 1 rings (SSSR count). The molecule has 1 aliphatic carbocycles. The Hall–Kier alpha value is -0.570. The molecule has 1 fully saturated rings. The van der Waals surface area contributed by atoms with Crippen LogP contribution in [-0.4, -0.2) is 18.6 Å². The van der Waals surface area contributed by atoms with Gasteiger partial charge < -0.3 is 5.32 Å². The smallest absolute Gasteiger partial charge is 0.224 e. The van der Waals surface area contributed by atoms with E-state index < -0.39 is 0 Å². The molecule has 0 radical (unpaired) electrons. The molecule has 0 aromatic rings. The lowest BCUT2D eigenvalue weighted by atomic mass is 10.3. The molecule has 0 bridgehead atoms. The fourth-order valence-electron chi connectivity index (χ4n) is 1.22. The minimum Gasteiger partial charge on any atom is -0.341 e. The van der Waals surface area contributed by atoms with E-state index in [1.165, 1.54) is 12.8 Å². The molecule has 0 aromatic carbocycles. The molecular weight excluding hydrogens is 164 g/mol. The summed E-state index contributed by atoms with van der Waals surface area (Å²) in [4.78, 5) is 11.3. The maximum absolute atomic E-state index is 11.3. The first-order valence-electron chi connectivity index (χ1n) is 5.27. The van der Waals surface area contributed by atoms with Gasteiger partial charge in [0.2, 0.25) is 5.91 Å². The Labute approximate surface area is 80.3 Å². The summed E-state index contributed by atoms with van der Waals surface area (Å²) in [5.41, 5.74) is 0. The van der Waals surface area contributed by atoms with Crippen molar-refractivity contribution in [2.45, 2.75) is 45.7 Å². The molecule has 1 aliphatic rings. The lowest BCUT2D eigenvalue weighted by Gasteiger charge is -2.15. The maximum Gasteiger partial charge on any atom is 0.224 e. The van der Waals surface area contributed by atoms with E-state index in [4.69, 9.17) is 0 Å². The molecule has 13 heavy (non-hydrogen) atoms. The van der Waals surface area contributed by atoms with Gasteiger partial charge in [-0.15, -0.1) is 0 Å². The Morgan fingerprint density at radius 1 is 1.54 bits per heavy atom. The topological polar surface area (TPSA) is 41.1 Å². The summed E-state index contributed by atoms with van der Waals surface area (Å²) in [7, 11) is 0. The van der Waals surface area contributed by atoms with Crippen LogP contribution in [0.1, 0.15) is 39.5 Å². The van der Waals surface area contributed by atoms with Crippen molar-refractivity contribution in [1.29, 1.82) is 0 Å². The maximum atomic E-state index is 11.3. The fourth-order valence-corrected chi connectivity index (χ4v) is 1.22. The number of hydrogen-bond donors (Lipinski definition) is 2. The van der Waals surface area contributed by atoms with Crippen molar-refractivity contribution in [1.82, 2.24) is 10.6 Å². The van der Waals surface area contributed by atoms with Crippen molar-refractivity contribution in [2.75, 3.05) is 6.54 Å². The molecule has 0 heterocycles. The molecule has 1 saturated carbocycles. The zero-order valence-corrected chi connectivity index (χ0v) is 8.60. The van der Waals surface area contributed by atoms with Gasteiger partial charge in [0.05, 0.1) is 6.17 Å². The first kappa shape index (κ1) is 10.5. The second kappa shape index (κ2) is 5.22. The molecule has 0 saturated heterocycles. The normalized spacial score (nSPS) is 18.3. The average molecular weight is 184 g/mol. The molecule has 0 aliphatic heterocycles. The summed E-state index contributed by atoms with van der Waals surface area (Å²) in [5, 5.41) is 6.22. The van der Waals surface area contributed by atoms with E-state index >= 15 is 0 Å². The second-order valence-corrected chi connectivity index (χ2v) is 3.81. The summed E-state index contributed by atoms with van der Waals surface area (Å²) in [6, 6.07) is 0. The van der Waals surface area contributed by atoms with Gasteiger partial charge in [-0.25, -0.2) is 0 Å². The third kappa shape index (κ3) is 4.27. The molecule has 0 aromatic heterocycles. The van der Waals surface area contributed by atoms with Crippen LogP contribution >= 0.6 is 0 Å². The highest BCUT2D eigenvalue weighted by molar-refractivity contribution is 5.80. The Morgan fingerprint density at radius 3 is 2.77 bits per heavy atom. The van der Waals surface area contributed by atoms with Gasteiger partial charge in [0.25, 0.3) is 0 Å². The molecule has 0 spiro atoms. The highest BCUT2D eigenvalue weighted by Gasteiger charge is 2.29. The van der Waals surface area contributed by atoms with Crippen molar-refractivity contribution in [3.63, 3.8) is 0 Å². The fraction of sp³-hybridized carbons (Fsp3) is 0.900. The van der Waals surface area contributed by atoms with Crippen LogP contribution < -0.4 is 10.6 Å². The minimum absolute atomic E-state index is 0.125. The van der Waals surface area contributed by atoms with Crippen LogP contribution in [0.15, 0.2) is 0 Å². The third-order valence-corrected chi connectivity index (χ3v) is 2.29. The second-order valence-electron chi connectivity index (χ2n) is 3.81. The Kier molecular flexibility index (Phi) is 4.22. The monoisotopic (exact) mass is 184 g/mol. The number of carbonyl (C=O) groups is 1. The van der Waals surface area contributed by atoms with Gasteiger partial charge in [0.1, 0.15) is 0 Å². The van der Waals surface area contributed by atoms with Crippen molar-refractivity contribution >= 4 is 5.91 Å². The van der Waals surface area contributed by atoms with Crippen LogP contribution in [-0.2, 0) is 4.79 Å². The lowest BCUT2D eigenvalue weighted by molar-refractivity contribution is -0.123. The van der Waals surface area contributed by atoms with Crippen LogP contribution in [0.25, 0.3) is 0 Å². The van der Waals surface area contributed by atoms with Gasteiger partial charge in [0, 0.05) is 5.92 Å². The highest BCUT2D eigenvalue weighted by Crippen LogP contribution is 2.28. The summed E-state index contributed by atoms with van der Waals surface area (Å²) in [6.07, 6.45) is 4.64. The number of rotatable bonds is 6. The molecule has 1 amide bonds. The summed E-state index contributed by atoms with van der Waals surface area (Å²) >= 11 is 0. The molecule has 76 valence electrons. The Balaban J connectivity index is 2.02. The van der Waals surface area contributed by atoms with E-state index in [1.54, 1.807) is 0 Å². The van der Waals surface area contributed by atoms with Gasteiger partial charge in [-0.2, -0.15) is 0 Å². The number of hydrogen-bond acceptors (Lipinski definition) is 2. The molecule has 1 atom stereocenters. The Morgan fingerprint density at radius 2 is 2.23 bits per heavy atom. The number of amides is 1. The average Bonchev–Trinajstić information content (AvgIpc) is 2.86.